The van der Waals surface area contributed by atoms with Crippen LogP contribution < -0.4 is 5.73 Å². The number of rotatable bonds is 12. The molecular weight excluding hydrogens is 210 g/mol. The first-order valence-corrected chi connectivity index (χ1v) is 7.58. The van der Waals surface area contributed by atoms with Gasteiger partial charge >= 0.3 is 0 Å². The zero-order valence-electron chi connectivity index (χ0n) is 12.3. The van der Waals surface area contributed by atoms with Gasteiger partial charge in [-0.1, -0.05) is 65.7 Å². The van der Waals surface area contributed by atoms with E-state index in [2.05, 4.69) is 20.8 Å². The molecule has 0 spiro atoms. The summed E-state index contributed by atoms with van der Waals surface area (Å²) in [5.74, 6) is 0. The average Bonchev–Trinajstić information content (AvgIpc) is 2.34. The van der Waals surface area contributed by atoms with Crippen LogP contribution in [-0.4, -0.2) is 12.3 Å². The second kappa shape index (κ2) is 11.0. The highest BCUT2D eigenvalue weighted by atomic mass is 16.5. The van der Waals surface area contributed by atoms with Crippen LogP contribution in [0.15, 0.2) is 0 Å². The van der Waals surface area contributed by atoms with Crippen LogP contribution in [0.1, 0.15) is 85.0 Å². The Labute approximate surface area is 108 Å². The highest BCUT2D eigenvalue weighted by molar-refractivity contribution is 4.80. The molecule has 0 radical (unpaired) electrons. The van der Waals surface area contributed by atoms with Crippen LogP contribution in [0.4, 0.5) is 0 Å². The highest BCUT2D eigenvalue weighted by Crippen LogP contribution is 2.31. The van der Waals surface area contributed by atoms with Crippen LogP contribution in [-0.2, 0) is 4.74 Å². The predicted molar refractivity (Wildman–Crippen MR) is 76.1 cm³/mol. The summed E-state index contributed by atoms with van der Waals surface area (Å²) in [5.41, 5.74) is 5.72. The molecule has 0 saturated carbocycles. The molecule has 0 bridgehead atoms. The van der Waals surface area contributed by atoms with Gasteiger partial charge in [0.05, 0.1) is 12.3 Å². The lowest BCUT2D eigenvalue weighted by atomic mass is 9.85. The lowest BCUT2D eigenvalue weighted by Gasteiger charge is -2.34. The van der Waals surface area contributed by atoms with Crippen molar-refractivity contribution >= 4 is 0 Å². The second-order valence-electron chi connectivity index (χ2n) is 5.16. The Bertz CT molecular complexity index is 151. The number of hydrogen-bond donors (Lipinski definition) is 1. The van der Waals surface area contributed by atoms with Gasteiger partial charge in [-0.25, -0.2) is 0 Å². The zero-order valence-corrected chi connectivity index (χ0v) is 12.3. The van der Waals surface area contributed by atoms with E-state index in [0.29, 0.717) is 6.73 Å². The molecule has 0 unspecified atom stereocenters. The molecule has 0 rings (SSSR count). The standard InChI is InChI=1S/C15H33NO/c1-4-7-10-13-15(17-14-16,11-8-5-2)12-9-6-3/h4-14,16H2,1-3H3. The van der Waals surface area contributed by atoms with E-state index >= 15 is 0 Å². The van der Waals surface area contributed by atoms with Crippen molar-refractivity contribution in [3.8, 4) is 0 Å². The van der Waals surface area contributed by atoms with E-state index in [1.54, 1.807) is 0 Å². The molecule has 0 saturated heterocycles. The van der Waals surface area contributed by atoms with Crippen LogP contribution in [0.2, 0.25) is 0 Å². The third kappa shape index (κ3) is 7.77. The maximum absolute atomic E-state index is 5.96. The quantitative estimate of drug-likeness (QED) is 0.401. The van der Waals surface area contributed by atoms with Gasteiger partial charge in [0.2, 0.25) is 0 Å². The molecule has 0 aromatic carbocycles. The smallest absolute Gasteiger partial charge is 0.0947 e. The first-order chi connectivity index (χ1) is 8.24. The van der Waals surface area contributed by atoms with Gasteiger partial charge in [0.1, 0.15) is 0 Å². The summed E-state index contributed by atoms with van der Waals surface area (Å²) in [7, 11) is 0. The summed E-state index contributed by atoms with van der Waals surface area (Å²) < 4.78 is 5.96. The molecule has 0 aliphatic rings. The highest BCUT2D eigenvalue weighted by Gasteiger charge is 2.28. The fourth-order valence-corrected chi connectivity index (χ4v) is 2.46. The summed E-state index contributed by atoms with van der Waals surface area (Å²) in [4.78, 5) is 0. The molecule has 0 fully saturated rings. The molecule has 0 amide bonds. The van der Waals surface area contributed by atoms with Crippen LogP contribution in [0.5, 0.6) is 0 Å². The number of unbranched alkanes of at least 4 members (excludes halogenated alkanes) is 4. The van der Waals surface area contributed by atoms with Gasteiger partial charge < -0.3 is 10.5 Å². The largest absolute Gasteiger partial charge is 0.360 e. The molecule has 0 aliphatic carbocycles. The second-order valence-corrected chi connectivity index (χ2v) is 5.16. The summed E-state index contributed by atoms with van der Waals surface area (Å²) in [5, 5.41) is 0. The number of hydrogen-bond acceptors (Lipinski definition) is 2. The Morgan fingerprint density at radius 3 is 1.65 bits per heavy atom. The van der Waals surface area contributed by atoms with Crippen LogP contribution in [0.3, 0.4) is 0 Å². The van der Waals surface area contributed by atoms with Crippen molar-refractivity contribution in [2.45, 2.75) is 90.6 Å². The summed E-state index contributed by atoms with van der Waals surface area (Å²) in [6.07, 6.45) is 12.4. The summed E-state index contributed by atoms with van der Waals surface area (Å²) >= 11 is 0. The lowest BCUT2D eigenvalue weighted by molar-refractivity contribution is -0.0650. The fraction of sp³-hybridized carbons (Fsp3) is 1.00. The molecule has 0 heterocycles. The third-order valence-corrected chi connectivity index (χ3v) is 3.60. The predicted octanol–water partition coefficient (Wildman–Crippen LogP) is 4.62. The molecule has 104 valence electrons. The van der Waals surface area contributed by atoms with E-state index < -0.39 is 0 Å². The fourth-order valence-electron chi connectivity index (χ4n) is 2.46. The van der Waals surface area contributed by atoms with Gasteiger partial charge in [-0.15, -0.1) is 0 Å². The number of nitrogens with two attached hydrogens (primary N) is 1. The Morgan fingerprint density at radius 1 is 0.765 bits per heavy atom. The molecular formula is C15H33NO. The molecule has 2 N–H and O–H groups in total. The van der Waals surface area contributed by atoms with Crippen LogP contribution >= 0.6 is 0 Å². The van der Waals surface area contributed by atoms with E-state index in [9.17, 15) is 0 Å². The molecule has 0 aromatic heterocycles. The average molecular weight is 243 g/mol. The van der Waals surface area contributed by atoms with E-state index in [1.807, 2.05) is 0 Å². The topological polar surface area (TPSA) is 35.2 Å². The Balaban J connectivity index is 4.32. The van der Waals surface area contributed by atoms with Crippen molar-refractivity contribution in [2.24, 2.45) is 5.73 Å². The third-order valence-electron chi connectivity index (χ3n) is 3.60. The van der Waals surface area contributed by atoms with Gasteiger partial charge in [-0.2, -0.15) is 0 Å². The minimum atomic E-state index is 0.0793. The SMILES string of the molecule is CCCCCC(CCCC)(CCCC)OCN. The van der Waals surface area contributed by atoms with Gasteiger partial charge in [0, 0.05) is 0 Å². The van der Waals surface area contributed by atoms with Crippen molar-refractivity contribution in [1.82, 2.24) is 0 Å². The minimum absolute atomic E-state index is 0.0793. The molecule has 2 nitrogen and oxygen atoms in total. The maximum Gasteiger partial charge on any atom is 0.0947 e. The van der Waals surface area contributed by atoms with Crippen molar-refractivity contribution in [3.63, 3.8) is 0 Å². The molecule has 0 aliphatic heterocycles. The minimum Gasteiger partial charge on any atom is -0.360 e. The van der Waals surface area contributed by atoms with E-state index in [1.165, 1.54) is 64.2 Å². The van der Waals surface area contributed by atoms with Crippen LogP contribution in [0.25, 0.3) is 0 Å². The maximum atomic E-state index is 5.96. The van der Waals surface area contributed by atoms with Crippen molar-refractivity contribution in [2.75, 3.05) is 6.73 Å². The Morgan fingerprint density at radius 2 is 1.24 bits per heavy atom. The summed E-state index contributed by atoms with van der Waals surface area (Å²) in [6, 6.07) is 0. The van der Waals surface area contributed by atoms with E-state index in [-0.39, 0.29) is 5.60 Å². The monoisotopic (exact) mass is 243 g/mol. The lowest BCUT2D eigenvalue weighted by Crippen LogP contribution is -2.35. The van der Waals surface area contributed by atoms with Crippen LogP contribution in [0, 0.1) is 0 Å². The molecule has 2 heteroatoms. The van der Waals surface area contributed by atoms with Crippen molar-refractivity contribution in [1.29, 1.82) is 0 Å². The first kappa shape index (κ1) is 16.9. The molecule has 0 aromatic rings. The number of ether oxygens (including phenoxy) is 1. The van der Waals surface area contributed by atoms with Gasteiger partial charge in [0.25, 0.3) is 0 Å². The van der Waals surface area contributed by atoms with E-state index in [0.717, 1.165) is 0 Å². The molecule has 17 heavy (non-hydrogen) atoms. The van der Waals surface area contributed by atoms with Gasteiger partial charge in [0.15, 0.2) is 0 Å². The van der Waals surface area contributed by atoms with Crippen molar-refractivity contribution in [3.05, 3.63) is 0 Å². The first-order valence-electron chi connectivity index (χ1n) is 7.58. The van der Waals surface area contributed by atoms with Crippen molar-refractivity contribution < 1.29 is 4.74 Å². The Kier molecular flexibility index (Phi) is 11.0. The van der Waals surface area contributed by atoms with E-state index in [4.69, 9.17) is 10.5 Å². The normalized spacial score (nSPS) is 12.0. The molecule has 0 atom stereocenters. The summed E-state index contributed by atoms with van der Waals surface area (Å²) in [6.45, 7) is 7.13. The Hall–Kier alpha value is -0.0800. The van der Waals surface area contributed by atoms with Gasteiger partial charge in [-0.05, 0) is 19.3 Å². The van der Waals surface area contributed by atoms with Gasteiger partial charge in [-0.3, -0.25) is 0 Å². The zero-order chi connectivity index (χ0) is 13.0.